The maximum Gasteiger partial charge on any atom is 0.337 e. The van der Waals surface area contributed by atoms with Crippen LogP contribution < -0.4 is 10.6 Å². The smallest absolute Gasteiger partial charge is 0.337 e. The number of anilines is 3. The van der Waals surface area contributed by atoms with Crippen LogP contribution in [0.25, 0.3) is 0 Å². The number of hydrogen-bond acceptors (Lipinski definition) is 5. The highest BCUT2D eigenvalue weighted by Crippen LogP contribution is 2.31. The van der Waals surface area contributed by atoms with E-state index in [-0.39, 0.29) is 33.2 Å². The third kappa shape index (κ3) is 4.50. The Hall–Kier alpha value is -3.91. The minimum absolute atomic E-state index is 0.0559. The normalized spacial score (nSPS) is 10.2. The Morgan fingerprint density at radius 3 is 2.17 bits per heavy atom. The van der Waals surface area contributed by atoms with E-state index >= 15 is 0 Å². The van der Waals surface area contributed by atoms with Gasteiger partial charge in [-0.15, -0.1) is 0 Å². The molecular formula is C20H14ClN3O5. The number of halogens is 1. The van der Waals surface area contributed by atoms with Crippen molar-refractivity contribution in [2.24, 2.45) is 0 Å². The van der Waals surface area contributed by atoms with Gasteiger partial charge in [0, 0.05) is 11.1 Å². The number of nitro benzene ring substituents is 1. The summed E-state index contributed by atoms with van der Waals surface area (Å²) in [6, 6.07) is 16.5. The molecule has 0 saturated carbocycles. The monoisotopic (exact) mass is 411 g/mol. The summed E-state index contributed by atoms with van der Waals surface area (Å²) in [6.07, 6.45) is 0. The van der Waals surface area contributed by atoms with Crippen LogP contribution in [-0.2, 0) is 0 Å². The second-order valence-corrected chi connectivity index (χ2v) is 6.33. The SMILES string of the molecule is O=C(O)c1ccccc1NC(=O)c1ccccc1Nc1ccc(Cl)cc1[N+](=O)[O-]. The van der Waals surface area contributed by atoms with E-state index in [0.717, 1.165) is 0 Å². The van der Waals surface area contributed by atoms with Crippen molar-refractivity contribution >= 4 is 46.2 Å². The van der Waals surface area contributed by atoms with Crippen LogP contribution in [0.1, 0.15) is 20.7 Å². The van der Waals surface area contributed by atoms with Crippen LogP contribution in [0.4, 0.5) is 22.7 Å². The predicted octanol–water partition coefficient (Wildman–Crippen LogP) is 4.94. The molecule has 3 aromatic carbocycles. The summed E-state index contributed by atoms with van der Waals surface area (Å²) in [6.45, 7) is 0. The lowest BCUT2D eigenvalue weighted by Gasteiger charge is -2.13. The van der Waals surface area contributed by atoms with Gasteiger partial charge in [-0.2, -0.15) is 0 Å². The van der Waals surface area contributed by atoms with Gasteiger partial charge in [0.15, 0.2) is 0 Å². The lowest BCUT2D eigenvalue weighted by Crippen LogP contribution is -2.16. The zero-order valence-corrected chi connectivity index (χ0v) is 15.5. The van der Waals surface area contributed by atoms with Crippen molar-refractivity contribution in [1.29, 1.82) is 0 Å². The number of aromatic carboxylic acids is 1. The molecule has 3 aromatic rings. The molecule has 1 amide bonds. The minimum Gasteiger partial charge on any atom is -0.478 e. The molecule has 0 aromatic heterocycles. The molecule has 3 N–H and O–H groups in total. The van der Waals surface area contributed by atoms with E-state index in [1.165, 1.54) is 36.4 Å². The highest BCUT2D eigenvalue weighted by Gasteiger charge is 2.19. The van der Waals surface area contributed by atoms with Crippen molar-refractivity contribution in [1.82, 2.24) is 0 Å². The van der Waals surface area contributed by atoms with Gasteiger partial charge in [-0.3, -0.25) is 14.9 Å². The van der Waals surface area contributed by atoms with Crippen molar-refractivity contribution in [2.45, 2.75) is 0 Å². The molecule has 9 heteroatoms. The quantitative estimate of drug-likeness (QED) is 0.390. The van der Waals surface area contributed by atoms with Gasteiger partial charge in [-0.25, -0.2) is 4.79 Å². The van der Waals surface area contributed by atoms with Crippen molar-refractivity contribution in [2.75, 3.05) is 10.6 Å². The van der Waals surface area contributed by atoms with Crippen LogP contribution in [0.15, 0.2) is 66.7 Å². The minimum atomic E-state index is -1.18. The first-order valence-electron chi connectivity index (χ1n) is 8.30. The van der Waals surface area contributed by atoms with Gasteiger partial charge in [0.25, 0.3) is 11.6 Å². The lowest BCUT2D eigenvalue weighted by molar-refractivity contribution is -0.383. The summed E-state index contributed by atoms with van der Waals surface area (Å²) in [7, 11) is 0. The molecule has 0 radical (unpaired) electrons. The van der Waals surface area contributed by atoms with Crippen molar-refractivity contribution < 1.29 is 19.6 Å². The molecule has 146 valence electrons. The Morgan fingerprint density at radius 1 is 0.897 bits per heavy atom. The first-order chi connectivity index (χ1) is 13.9. The van der Waals surface area contributed by atoms with Gasteiger partial charge >= 0.3 is 5.97 Å². The summed E-state index contributed by atoms with van der Waals surface area (Å²) in [5.74, 6) is -1.75. The second-order valence-electron chi connectivity index (χ2n) is 5.89. The topological polar surface area (TPSA) is 122 Å². The number of hydrogen-bond donors (Lipinski definition) is 3. The van der Waals surface area contributed by atoms with Crippen molar-refractivity contribution in [3.8, 4) is 0 Å². The van der Waals surface area contributed by atoms with Crippen LogP contribution in [0, 0.1) is 10.1 Å². The molecular weight excluding hydrogens is 398 g/mol. The van der Waals surface area contributed by atoms with Crippen LogP contribution in [0.3, 0.4) is 0 Å². The molecule has 0 fully saturated rings. The Bertz CT molecular complexity index is 1120. The number of carboxylic acids is 1. The molecule has 3 rings (SSSR count). The lowest BCUT2D eigenvalue weighted by atomic mass is 10.1. The molecule has 0 bridgehead atoms. The van der Waals surface area contributed by atoms with E-state index in [1.807, 2.05) is 0 Å². The molecule has 0 heterocycles. The number of nitrogens with one attached hydrogen (secondary N) is 2. The van der Waals surface area contributed by atoms with Crippen molar-refractivity contribution in [3.63, 3.8) is 0 Å². The van der Waals surface area contributed by atoms with Crippen LogP contribution in [-0.4, -0.2) is 21.9 Å². The van der Waals surface area contributed by atoms with E-state index in [4.69, 9.17) is 11.6 Å². The zero-order valence-electron chi connectivity index (χ0n) is 14.8. The van der Waals surface area contributed by atoms with Crippen molar-refractivity contribution in [3.05, 3.63) is 93.0 Å². The highest BCUT2D eigenvalue weighted by atomic mass is 35.5. The summed E-state index contributed by atoms with van der Waals surface area (Å²) in [5.41, 5.74) is 0.478. The fourth-order valence-electron chi connectivity index (χ4n) is 2.67. The van der Waals surface area contributed by atoms with Gasteiger partial charge in [-0.1, -0.05) is 35.9 Å². The standard InChI is InChI=1S/C20H14ClN3O5/c21-12-9-10-17(18(11-12)24(28)29)22-15-7-3-1-5-13(15)19(25)23-16-8-4-2-6-14(16)20(26)27/h1-11,22H,(H,23,25)(H,26,27). The van der Waals surface area contributed by atoms with Gasteiger partial charge in [0.05, 0.1) is 27.4 Å². The number of rotatable bonds is 6. The number of benzene rings is 3. The summed E-state index contributed by atoms with van der Waals surface area (Å²) < 4.78 is 0. The first-order valence-corrected chi connectivity index (χ1v) is 8.68. The Labute approximate surface area is 169 Å². The summed E-state index contributed by atoms with van der Waals surface area (Å²) in [5, 5.41) is 26.2. The Balaban J connectivity index is 1.94. The third-order valence-electron chi connectivity index (χ3n) is 4.00. The van der Waals surface area contributed by atoms with Gasteiger partial charge in [0.2, 0.25) is 0 Å². The highest BCUT2D eigenvalue weighted by molar-refractivity contribution is 6.31. The number of carbonyl (C=O) groups excluding carboxylic acids is 1. The molecule has 0 aliphatic rings. The number of carboxylic acid groups (broad SMARTS) is 1. The summed E-state index contributed by atoms with van der Waals surface area (Å²) >= 11 is 5.83. The Kier molecular flexibility index (Phi) is 5.75. The van der Waals surface area contributed by atoms with E-state index in [2.05, 4.69) is 10.6 Å². The molecule has 29 heavy (non-hydrogen) atoms. The molecule has 0 unspecified atom stereocenters. The fraction of sp³-hybridized carbons (Fsp3) is 0. The van der Waals surface area contributed by atoms with Crippen LogP contribution in [0.5, 0.6) is 0 Å². The number of para-hydroxylation sites is 2. The largest absolute Gasteiger partial charge is 0.478 e. The molecule has 0 saturated heterocycles. The summed E-state index contributed by atoms with van der Waals surface area (Å²) in [4.78, 5) is 34.8. The fourth-order valence-corrected chi connectivity index (χ4v) is 2.83. The van der Waals surface area contributed by atoms with E-state index in [1.54, 1.807) is 30.3 Å². The molecule has 0 aliphatic carbocycles. The van der Waals surface area contributed by atoms with Crippen LogP contribution in [0.2, 0.25) is 5.02 Å². The number of amides is 1. The van der Waals surface area contributed by atoms with E-state index < -0.39 is 16.8 Å². The Morgan fingerprint density at radius 2 is 1.52 bits per heavy atom. The average molecular weight is 412 g/mol. The van der Waals surface area contributed by atoms with Crippen LogP contribution >= 0.6 is 11.6 Å². The molecule has 0 spiro atoms. The van der Waals surface area contributed by atoms with E-state index in [0.29, 0.717) is 5.69 Å². The average Bonchev–Trinajstić information content (AvgIpc) is 2.69. The predicted molar refractivity (Wildman–Crippen MR) is 109 cm³/mol. The van der Waals surface area contributed by atoms with Gasteiger partial charge in [0.1, 0.15) is 5.69 Å². The maximum absolute atomic E-state index is 12.8. The molecule has 8 nitrogen and oxygen atoms in total. The van der Waals surface area contributed by atoms with Gasteiger partial charge in [-0.05, 0) is 36.4 Å². The first kappa shape index (κ1) is 19.8. The zero-order chi connectivity index (χ0) is 21.0. The maximum atomic E-state index is 12.8. The molecule has 0 aliphatic heterocycles. The molecule has 0 atom stereocenters. The third-order valence-corrected chi connectivity index (χ3v) is 4.24. The number of nitro groups is 1. The second kappa shape index (κ2) is 8.41. The van der Waals surface area contributed by atoms with Gasteiger partial charge < -0.3 is 15.7 Å². The number of nitrogens with zero attached hydrogens (tertiary/aromatic N) is 1. The van der Waals surface area contributed by atoms with E-state index in [9.17, 15) is 24.8 Å². The number of carbonyl (C=O) groups is 2.